The average molecular weight is 457 g/mol. The van der Waals surface area contributed by atoms with Crippen LogP contribution in [-0.2, 0) is 11.2 Å². The van der Waals surface area contributed by atoms with Crippen molar-refractivity contribution in [3.63, 3.8) is 0 Å². The Morgan fingerprint density at radius 2 is 1.55 bits per heavy atom. The molecule has 168 valence electrons. The molecular weight excluding hydrogens is 442 g/mol. The number of alkyl halides is 2. The number of fused-ring (bicyclic) bond motifs is 1. The number of hydrogen-bond acceptors (Lipinski definition) is 4. The smallest absolute Gasteiger partial charge is 0.280 e. The van der Waals surface area contributed by atoms with Gasteiger partial charge in [0, 0.05) is 12.5 Å². The first-order valence-electron chi connectivity index (χ1n) is 9.71. The minimum atomic E-state index is -2.80. The van der Waals surface area contributed by atoms with Crippen molar-refractivity contribution in [2.45, 2.75) is 18.9 Å². The molecule has 0 fully saturated rings. The van der Waals surface area contributed by atoms with Gasteiger partial charge in [0.1, 0.15) is 23.4 Å². The Hall–Kier alpha value is -4.08. The molecule has 1 N–H and O–H groups in total. The molecule has 2 heterocycles. The van der Waals surface area contributed by atoms with Gasteiger partial charge in [-0.2, -0.15) is 0 Å². The van der Waals surface area contributed by atoms with E-state index in [1.807, 2.05) is 0 Å². The van der Waals surface area contributed by atoms with E-state index in [-0.39, 0.29) is 28.8 Å². The third-order valence-corrected chi connectivity index (χ3v) is 5.07. The van der Waals surface area contributed by atoms with Crippen molar-refractivity contribution in [1.29, 1.82) is 0 Å². The van der Waals surface area contributed by atoms with Crippen LogP contribution in [0.3, 0.4) is 0 Å². The number of benzene rings is 2. The number of aromatic nitrogens is 1. The van der Waals surface area contributed by atoms with E-state index in [1.54, 1.807) is 12.1 Å². The summed E-state index contributed by atoms with van der Waals surface area (Å²) in [6.07, 6.45) is -2.18. The lowest BCUT2D eigenvalue weighted by Gasteiger charge is -2.25. The number of hydrogen-bond donors (Lipinski definition) is 1. The highest BCUT2D eigenvalue weighted by atomic mass is 19.3. The molecule has 0 saturated carbocycles. The fourth-order valence-corrected chi connectivity index (χ4v) is 3.58. The predicted molar refractivity (Wildman–Crippen MR) is 109 cm³/mol. The molecule has 0 bridgehead atoms. The number of rotatable bonds is 6. The molecule has 1 unspecified atom stereocenters. The highest BCUT2D eigenvalue weighted by molar-refractivity contribution is 6.23. The summed E-state index contributed by atoms with van der Waals surface area (Å²) in [6.45, 7) is 0. The van der Waals surface area contributed by atoms with Crippen molar-refractivity contribution in [1.82, 2.24) is 9.88 Å². The maximum atomic E-state index is 13.7. The molecule has 1 atom stereocenters. The fourth-order valence-electron chi connectivity index (χ4n) is 3.58. The summed E-state index contributed by atoms with van der Waals surface area (Å²) in [5, 5.41) is 2.42. The third kappa shape index (κ3) is 4.45. The van der Waals surface area contributed by atoms with Gasteiger partial charge >= 0.3 is 0 Å². The molecule has 10 heteroatoms. The zero-order chi connectivity index (χ0) is 23.7. The van der Waals surface area contributed by atoms with Crippen molar-refractivity contribution in [3.05, 3.63) is 94.8 Å². The molecule has 3 aromatic rings. The zero-order valence-electron chi connectivity index (χ0n) is 16.8. The summed E-state index contributed by atoms with van der Waals surface area (Å²) in [5.41, 5.74) is -0.241. The van der Waals surface area contributed by atoms with Gasteiger partial charge in [-0.25, -0.2) is 17.6 Å². The molecule has 1 aromatic heterocycles. The quantitative estimate of drug-likeness (QED) is 0.446. The molecule has 1 aliphatic heterocycles. The number of carbonyl (C=O) groups excluding carboxylic acids is 3. The largest absolute Gasteiger partial charge is 0.323 e. The lowest BCUT2D eigenvalue weighted by atomic mass is 10.0. The van der Waals surface area contributed by atoms with Gasteiger partial charge in [0.25, 0.3) is 18.2 Å². The molecule has 2 aromatic carbocycles. The van der Waals surface area contributed by atoms with Crippen LogP contribution in [0.4, 0.5) is 23.2 Å². The second-order valence-corrected chi connectivity index (χ2v) is 7.29. The number of nitrogens with one attached hydrogen (secondary N) is 1. The minimum Gasteiger partial charge on any atom is -0.323 e. The topological polar surface area (TPSA) is 79.4 Å². The summed E-state index contributed by atoms with van der Waals surface area (Å²) >= 11 is 0. The van der Waals surface area contributed by atoms with E-state index in [0.29, 0.717) is 6.07 Å². The molecule has 0 radical (unpaired) electrons. The zero-order valence-corrected chi connectivity index (χ0v) is 16.8. The highest BCUT2D eigenvalue weighted by Gasteiger charge is 2.42. The van der Waals surface area contributed by atoms with Crippen LogP contribution in [0.1, 0.15) is 38.4 Å². The summed E-state index contributed by atoms with van der Waals surface area (Å²) in [7, 11) is 0. The van der Waals surface area contributed by atoms with Crippen LogP contribution < -0.4 is 5.32 Å². The van der Waals surface area contributed by atoms with Crippen LogP contribution in [-0.4, -0.2) is 33.6 Å². The van der Waals surface area contributed by atoms with Crippen LogP contribution in [0.5, 0.6) is 0 Å². The number of imide groups is 1. The Kier molecular flexibility index (Phi) is 5.91. The van der Waals surface area contributed by atoms with E-state index in [0.717, 1.165) is 29.3 Å². The maximum Gasteiger partial charge on any atom is 0.280 e. The Morgan fingerprint density at radius 1 is 0.939 bits per heavy atom. The molecule has 4 rings (SSSR count). The normalized spacial score (nSPS) is 13.9. The van der Waals surface area contributed by atoms with Gasteiger partial charge in [0.15, 0.2) is 0 Å². The van der Waals surface area contributed by atoms with E-state index in [9.17, 15) is 31.9 Å². The van der Waals surface area contributed by atoms with Gasteiger partial charge in [-0.1, -0.05) is 12.1 Å². The van der Waals surface area contributed by atoms with Crippen molar-refractivity contribution >= 4 is 23.4 Å². The third-order valence-electron chi connectivity index (χ3n) is 5.07. The Bertz CT molecular complexity index is 1190. The summed E-state index contributed by atoms with van der Waals surface area (Å²) in [6, 6.07) is 9.32. The highest BCUT2D eigenvalue weighted by Crippen LogP contribution is 2.27. The van der Waals surface area contributed by atoms with Crippen molar-refractivity contribution < 1.29 is 31.9 Å². The summed E-state index contributed by atoms with van der Waals surface area (Å²) in [5.74, 6) is -4.12. The van der Waals surface area contributed by atoms with E-state index >= 15 is 0 Å². The number of nitrogens with zero attached hydrogens (tertiary/aromatic N) is 2. The van der Waals surface area contributed by atoms with E-state index < -0.39 is 47.5 Å². The molecular formula is C23H15F4N3O3. The summed E-state index contributed by atoms with van der Waals surface area (Å²) in [4.78, 5) is 43.2. The van der Waals surface area contributed by atoms with E-state index in [1.165, 1.54) is 18.2 Å². The van der Waals surface area contributed by atoms with Crippen LogP contribution in [0.25, 0.3) is 0 Å². The van der Waals surface area contributed by atoms with Gasteiger partial charge < -0.3 is 5.32 Å². The van der Waals surface area contributed by atoms with Gasteiger partial charge in [-0.3, -0.25) is 24.3 Å². The van der Waals surface area contributed by atoms with Crippen molar-refractivity contribution in [2.24, 2.45) is 0 Å². The van der Waals surface area contributed by atoms with Crippen LogP contribution >= 0.6 is 0 Å². The average Bonchev–Trinajstić information content (AvgIpc) is 3.02. The number of halogens is 4. The minimum absolute atomic E-state index is 0.0374. The molecule has 0 aliphatic carbocycles. The molecule has 0 spiro atoms. The van der Waals surface area contributed by atoms with Crippen LogP contribution in [0.15, 0.2) is 60.8 Å². The second kappa shape index (κ2) is 8.81. The van der Waals surface area contributed by atoms with Gasteiger partial charge in [-0.05, 0) is 42.0 Å². The predicted octanol–water partition coefficient (Wildman–Crippen LogP) is 4.14. The van der Waals surface area contributed by atoms with Gasteiger partial charge in [0.05, 0.1) is 23.0 Å². The first-order chi connectivity index (χ1) is 15.7. The van der Waals surface area contributed by atoms with E-state index in [2.05, 4.69) is 10.3 Å². The van der Waals surface area contributed by atoms with Crippen LogP contribution in [0, 0.1) is 11.6 Å². The molecule has 1 aliphatic rings. The lowest BCUT2D eigenvalue weighted by Crippen LogP contribution is -2.48. The molecule has 3 amide bonds. The first kappa shape index (κ1) is 22.1. The van der Waals surface area contributed by atoms with Gasteiger partial charge in [-0.15, -0.1) is 0 Å². The standard InChI is InChI=1S/C23H15F4N3O3/c24-13-7-12(8-14(25)10-13)9-19(21(31)29-15-5-6-18(20(26)27)28-11-15)30-22(32)16-3-1-2-4-17(16)23(30)33/h1-8,10-11,19-20H,9H2,(H,29,31). The molecule has 33 heavy (non-hydrogen) atoms. The van der Waals surface area contributed by atoms with Crippen LogP contribution in [0.2, 0.25) is 0 Å². The SMILES string of the molecule is O=C(Nc1ccc(C(F)F)nc1)C(Cc1cc(F)cc(F)c1)N1C(=O)c2ccccc2C1=O. The van der Waals surface area contributed by atoms with Gasteiger partial charge in [0.2, 0.25) is 5.91 Å². The number of pyridine rings is 1. The van der Waals surface area contributed by atoms with Crippen molar-refractivity contribution in [3.8, 4) is 0 Å². The van der Waals surface area contributed by atoms with Crippen molar-refractivity contribution in [2.75, 3.05) is 5.32 Å². The molecule has 6 nitrogen and oxygen atoms in total. The van der Waals surface area contributed by atoms with E-state index in [4.69, 9.17) is 0 Å². The number of amides is 3. The Balaban J connectivity index is 1.67. The Labute approximate surface area is 184 Å². The second-order valence-electron chi connectivity index (χ2n) is 7.29. The number of anilines is 1. The fraction of sp³-hybridized carbons (Fsp3) is 0.130. The monoisotopic (exact) mass is 457 g/mol. The summed E-state index contributed by atoms with van der Waals surface area (Å²) < 4.78 is 52.9. The number of carbonyl (C=O) groups is 3. The maximum absolute atomic E-state index is 13.7. The molecule has 0 saturated heterocycles. The first-order valence-corrected chi connectivity index (χ1v) is 9.71. The Morgan fingerprint density at radius 3 is 2.06 bits per heavy atom. The lowest BCUT2D eigenvalue weighted by molar-refractivity contribution is -0.119.